The smallest absolute Gasteiger partial charge is 0.206 e. The van der Waals surface area contributed by atoms with Gasteiger partial charge in [-0.15, -0.1) is 0 Å². The highest BCUT2D eigenvalue weighted by Gasteiger charge is 2.39. The van der Waals surface area contributed by atoms with E-state index in [0.717, 1.165) is 30.6 Å². The van der Waals surface area contributed by atoms with E-state index in [9.17, 15) is 12.8 Å². The third kappa shape index (κ3) is 2.81. The molecule has 4 nitrogen and oxygen atoms in total. The molecule has 4 rings (SSSR count). The summed E-state index contributed by atoms with van der Waals surface area (Å²) in [5, 5.41) is 3.52. The lowest BCUT2D eigenvalue weighted by Gasteiger charge is -2.25. The first-order valence-corrected chi connectivity index (χ1v) is 10.5. The molecule has 3 atom stereocenters. The number of rotatable bonds is 2. The Hall–Kier alpha value is -1.92. The number of fused-ring (bicyclic) bond motifs is 3. The van der Waals surface area contributed by atoms with Gasteiger partial charge in [-0.05, 0) is 74.3 Å². The number of anilines is 1. The second kappa shape index (κ2) is 6.35. The summed E-state index contributed by atoms with van der Waals surface area (Å²) in [5.41, 5.74) is 2.23. The Morgan fingerprint density at radius 2 is 1.81 bits per heavy atom. The van der Waals surface area contributed by atoms with E-state index in [0.29, 0.717) is 18.0 Å². The Balaban J connectivity index is 1.77. The summed E-state index contributed by atoms with van der Waals surface area (Å²) in [7, 11) is -1.57. The lowest BCUT2D eigenvalue weighted by molar-refractivity contribution is 0.496. The molecule has 26 heavy (non-hydrogen) atoms. The Morgan fingerprint density at radius 3 is 2.54 bits per heavy atom. The molecule has 2 aromatic carbocycles. The van der Waals surface area contributed by atoms with Crippen LogP contribution in [0.5, 0.6) is 0 Å². The average molecular weight is 374 g/mol. The van der Waals surface area contributed by atoms with Crippen molar-refractivity contribution in [3.05, 3.63) is 53.8 Å². The zero-order valence-electron chi connectivity index (χ0n) is 14.9. The molecule has 2 aliphatic rings. The number of nitrogens with zero attached hydrogens (tertiary/aromatic N) is 1. The maximum Gasteiger partial charge on any atom is 0.206 e. The Morgan fingerprint density at radius 1 is 1.12 bits per heavy atom. The summed E-state index contributed by atoms with van der Waals surface area (Å²) >= 11 is 0. The summed E-state index contributed by atoms with van der Waals surface area (Å²) in [6.45, 7) is 3.15. The molecule has 1 fully saturated rings. The van der Waals surface area contributed by atoms with E-state index in [1.807, 2.05) is 12.1 Å². The van der Waals surface area contributed by atoms with Gasteiger partial charge >= 0.3 is 0 Å². The molecule has 0 aromatic heterocycles. The van der Waals surface area contributed by atoms with Gasteiger partial charge in [0.25, 0.3) is 0 Å². The average Bonchev–Trinajstić information content (AvgIpc) is 2.76. The van der Waals surface area contributed by atoms with Crippen LogP contribution in [0.25, 0.3) is 0 Å². The molecule has 0 spiro atoms. The maximum absolute atomic E-state index is 13.2. The Kier molecular flexibility index (Phi) is 4.28. The molecule has 138 valence electrons. The van der Waals surface area contributed by atoms with Crippen LogP contribution in [0, 0.1) is 5.82 Å². The van der Waals surface area contributed by atoms with Crippen LogP contribution in [-0.4, -0.2) is 34.1 Å². The number of hydrogen-bond donors (Lipinski definition) is 1. The van der Waals surface area contributed by atoms with Gasteiger partial charge in [0.05, 0.1) is 9.79 Å². The van der Waals surface area contributed by atoms with E-state index in [1.165, 1.54) is 24.3 Å². The van der Waals surface area contributed by atoms with Crippen molar-refractivity contribution >= 4 is 15.5 Å². The van der Waals surface area contributed by atoms with E-state index < -0.39 is 15.7 Å². The normalized spacial score (nSPS) is 25.5. The highest BCUT2D eigenvalue weighted by atomic mass is 32.2. The SMILES string of the molecule is CC1C[C@H]2c3cc(S(=O)(=O)c4ccc(F)cc4)ccc3N(C)C2CCN1. The molecule has 0 amide bonds. The molecule has 1 saturated heterocycles. The minimum absolute atomic E-state index is 0.123. The van der Waals surface area contributed by atoms with Gasteiger partial charge in [-0.25, -0.2) is 12.8 Å². The van der Waals surface area contributed by atoms with Crippen molar-refractivity contribution in [3.63, 3.8) is 0 Å². The number of halogens is 1. The Bertz CT molecular complexity index is 927. The van der Waals surface area contributed by atoms with Gasteiger partial charge in [-0.2, -0.15) is 0 Å². The summed E-state index contributed by atoms with van der Waals surface area (Å²) < 4.78 is 39.1. The first kappa shape index (κ1) is 17.5. The van der Waals surface area contributed by atoms with Gasteiger partial charge in [0.15, 0.2) is 0 Å². The Labute approximate surface area is 153 Å². The fraction of sp³-hybridized carbons (Fsp3) is 0.400. The fourth-order valence-corrected chi connectivity index (χ4v) is 5.64. The van der Waals surface area contributed by atoms with E-state index >= 15 is 0 Å². The van der Waals surface area contributed by atoms with Gasteiger partial charge in [0.2, 0.25) is 9.84 Å². The zero-order chi connectivity index (χ0) is 18.5. The van der Waals surface area contributed by atoms with Crippen molar-refractivity contribution in [2.24, 2.45) is 0 Å². The number of nitrogens with one attached hydrogen (secondary N) is 1. The topological polar surface area (TPSA) is 49.4 Å². The van der Waals surface area contributed by atoms with Crippen LogP contribution in [0.3, 0.4) is 0 Å². The molecular formula is C20H23FN2O2S. The first-order chi connectivity index (χ1) is 12.4. The predicted octanol–water partition coefficient (Wildman–Crippen LogP) is 3.33. The number of sulfone groups is 1. The second-order valence-electron chi connectivity index (χ2n) is 7.34. The van der Waals surface area contributed by atoms with E-state index in [2.05, 4.69) is 24.2 Å². The lowest BCUT2D eigenvalue weighted by atomic mass is 9.89. The largest absolute Gasteiger partial charge is 0.371 e. The van der Waals surface area contributed by atoms with Gasteiger partial charge in [0.1, 0.15) is 5.82 Å². The van der Waals surface area contributed by atoms with Crippen LogP contribution in [0.1, 0.15) is 31.2 Å². The molecule has 0 bridgehead atoms. The van der Waals surface area contributed by atoms with E-state index in [4.69, 9.17) is 0 Å². The molecule has 6 heteroatoms. The van der Waals surface area contributed by atoms with Crippen molar-refractivity contribution in [2.75, 3.05) is 18.5 Å². The fourth-order valence-electron chi connectivity index (χ4n) is 4.34. The van der Waals surface area contributed by atoms with Crippen molar-refractivity contribution in [1.82, 2.24) is 5.32 Å². The highest BCUT2D eigenvalue weighted by molar-refractivity contribution is 7.91. The third-order valence-corrected chi connectivity index (χ3v) is 7.48. The number of hydrogen-bond acceptors (Lipinski definition) is 4. The van der Waals surface area contributed by atoms with Crippen molar-refractivity contribution < 1.29 is 12.8 Å². The van der Waals surface area contributed by atoms with Crippen LogP contribution in [0.4, 0.5) is 10.1 Å². The summed E-state index contributed by atoms with van der Waals surface area (Å²) in [6.07, 6.45) is 2.03. The third-order valence-electron chi connectivity index (χ3n) is 5.72. The van der Waals surface area contributed by atoms with E-state index in [-0.39, 0.29) is 9.79 Å². The number of benzene rings is 2. The molecule has 2 aliphatic heterocycles. The highest BCUT2D eigenvalue weighted by Crippen LogP contribution is 2.45. The van der Waals surface area contributed by atoms with Gasteiger partial charge in [0, 0.05) is 30.7 Å². The molecular weight excluding hydrogens is 351 g/mol. The molecule has 1 N–H and O–H groups in total. The van der Waals surface area contributed by atoms with Crippen LogP contribution in [0.2, 0.25) is 0 Å². The molecule has 2 unspecified atom stereocenters. The van der Waals surface area contributed by atoms with E-state index in [1.54, 1.807) is 6.07 Å². The molecule has 0 aliphatic carbocycles. The van der Waals surface area contributed by atoms with Crippen molar-refractivity contribution in [1.29, 1.82) is 0 Å². The molecule has 0 radical (unpaired) electrons. The molecule has 2 aromatic rings. The van der Waals surface area contributed by atoms with Crippen molar-refractivity contribution in [3.8, 4) is 0 Å². The van der Waals surface area contributed by atoms with Crippen LogP contribution < -0.4 is 10.2 Å². The minimum Gasteiger partial charge on any atom is -0.371 e. The summed E-state index contributed by atoms with van der Waals surface area (Å²) in [4.78, 5) is 2.69. The van der Waals surface area contributed by atoms with Gasteiger partial charge in [-0.3, -0.25) is 0 Å². The van der Waals surface area contributed by atoms with Crippen molar-refractivity contribution in [2.45, 2.75) is 47.6 Å². The summed E-state index contributed by atoms with van der Waals surface area (Å²) in [5.74, 6) is -0.120. The maximum atomic E-state index is 13.2. The molecule has 0 saturated carbocycles. The molecule has 2 heterocycles. The van der Waals surface area contributed by atoms with Gasteiger partial charge in [-0.1, -0.05) is 0 Å². The summed E-state index contributed by atoms with van der Waals surface area (Å²) in [6, 6.07) is 11.2. The minimum atomic E-state index is -3.66. The quantitative estimate of drug-likeness (QED) is 0.819. The predicted molar refractivity (Wildman–Crippen MR) is 99.9 cm³/mol. The van der Waals surface area contributed by atoms with Crippen LogP contribution >= 0.6 is 0 Å². The first-order valence-electron chi connectivity index (χ1n) is 8.99. The van der Waals surface area contributed by atoms with Gasteiger partial charge < -0.3 is 10.2 Å². The van der Waals surface area contributed by atoms with Crippen LogP contribution in [-0.2, 0) is 9.84 Å². The lowest BCUT2D eigenvalue weighted by Crippen LogP contribution is -2.31. The number of likely N-dealkylation sites (N-methyl/N-ethyl adjacent to an activating group) is 1. The van der Waals surface area contributed by atoms with Crippen LogP contribution in [0.15, 0.2) is 52.3 Å². The standard InChI is InChI=1S/C20H23FN2O2S/c1-13-11-17-18-12-16(26(24,25)15-5-3-14(21)4-6-15)7-8-19(18)23(2)20(17)9-10-22-13/h3-8,12-13,17,20,22H,9-11H2,1-2H3/t13?,17-,20?/m0/s1. The monoisotopic (exact) mass is 374 g/mol. The second-order valence-corrected chi connectivity index (χ2v) is 9.29. The zero-order valence-corrected chi connectivity index (χ0v) is 15.8.